The molecule has 1 aromatic carbocycles. The van der Waals surface area contributed by atoms with Gasteiger partial charge in [0.1, 0.15) is 22.9 Å². The van der Waals surface area contributed by atoms with Crippen molar-refractivity contribution in [3.63, 3.8) is 0 Å². The van der Waals surface area contributed by atoms with Crippen molar-refractivity contribution in [2.45, 2.75) is 11.8 Å². The van der Waals surface area contributed by atoms with Crippen LogP contribution in [0.4, 0.5) is 5.82 Å². The second kappa shape index (κ2) is 7.95. The number of piperazine rings is 1. The summed E-state index contributed by atoms with van der Waals surface area (Å²) in [4.78, 5) is 10.8. The fourth-order valence-corrected chi connectivity index (χ4v) is 5.49. The molecule has 0 bridgehead atoms. The molecule has 1 aliphatic heterocycles. The maximum atomic E-state index is 13.1. The third-order valence-corrected chi connectivity index (χ3v) is 7.67. The molecule has 1 fully saturated rings. The number of hydrogen-bond acceptors (Lipinski definition) is 5. The highest BCUT2D eigenvalue weighted by Gasteiger charge is 2.31. The van der Waals surface area contributed by atoms with Crippen LogP contribution in [0.3, 0.4) is 0 Å². The quantitative estimate of drug-likeness (QED) is 0.607. The Balaban J connectivity index is 1.51. The minimum atomic E-state index is -3.70. The largest absolute Gasteiger partial charge is 0.354 e. The van der Waals surface area contributed by atoms with E-state index in [1.165, 1.54) is 22.8 Å². The van der Waals surface area contributed by atoms with Gasteiger partial charge in [-0.3, -0.25) is 0 Å². The van der Waals surface area contributed by atoms with Crippen molar-refractivity contribution in [3.8, 4) is 5.82 Å². The number of benzene rings is 1. The highest BCUT2D eigenvalue weighted by molar-refractivity contribution is 7.89. The minimum Gasteiger partial charge on any atom is -0.354 e. The average Bonchev–Trinajstić information content (AvgIpc) is 3.26. The van der Waals surface area contributed by atoms with Crippen molar-refractivity contribution < 1.29 is 8.42 Å². The number of aromatic nitrogens is 3. The van der Waals surface area contributed by atoms with E-state index in [0.29, 0.717) is 36.8 Å². The zero-order valence-corrected chi connectivity index (χ0v) is 18.0. The van der Waals surface area contributed by atoms with Crippen LogP contribution >= 0.6 is 23.2 Å². The molecule has 1 saturated heterocycles. The molecule has 152 valence electrons. The molecule has 1 aliphatic rings. The smallest absolute Gasteiger partial charge is 0.244 e. The van der Waals surface area contributed by atoms with Crippen molar-refractivity contribution in [3.05, 3.63) is 64.7 Å². The standard InChI is InChI=1S/C19H19Cl2N5O2S/c1-14-10-17(16(21)11-15(14)20)29(27,28)26-8-6-25(7-9-26)19-12-18(22-13-23-19)24-4-2-3-5-24/h2-5,10-13H,6-9H2,1H3. The molecule has 4 rings (SSSR count). The molecule has 0 amide bonds. The minimum absolute atomic E-state index is 0.0893. The Hall–Kier alpha value is -2.13. The molecule has 0 atom stereocenters. The Morgan fingerprint density at radius 3 is 2.24 bits per heavy atom. The summed E-state index contributed by atoms with van der Waals surface area (Å²) in [5.74, 6) is 1.53. The van der Waals surface area contributed by atoms with Crippen LogP contribution in [0.5, 0.6) is 0 Å². The van der Waals surface area contributed by atoms with E-state index in [4.69, 9.17) is 23.2 Å². The molecule has 29 heavy (non-hydrogen) atoms. The van der Waals surface area contributed by atoms with Crippen LogP contribution in [0.2, 0.25) is 10.0 Å². The molecule has 0 spiro atoms. The van der Waals surface area contributed by atoms with Crippen LogP contribution in [-0.2, 0) is 10.0 Å². The summed E-state index contributed by atoms with van der Waals surface area (Å²) in [6.45, 7) is 3.47. The maximum absolute atomic E-state index is 13.1. The van der Waals surface area contributed by atoms with E-state index < -0.39 is 10.0 Å². The predicted octanol–water partition coefficient (Wildman–Crippen LogP) is 3.39. The van der Waals surface area contributed by atoms with Crippen LogP contribution in [0, 0.1) is 6.92 Å². The van der Waals surface area contributed by atoms with E-state index in [2.05, 4.69) is 14.9 Å². The zero-order chi connectivity index (χ0) is 20.6. The van der Waals surface area contributed by atoms with Crippen molar-refractivity contribution in [2.75, 3.05) is 31.1 Å². The zero-order valence-electron chi connectivity index (χ0n) is 15.7. The molecule has 2 aromatic heterocycles. The number of halogens is 2. The number of sulfonamides is 1. The fraction of sp³-hybridized carbons (Fsp3) is 0.263. The molecule has 0 N–H and O–H groups in total. The van der Waals surface area contributed by atoms with E-state index in [9.17, 15) is 8.42 Å². The maximum Gasteiger partial charge on any atom is 0.244 e. The van der Waals surface area contributed by atoms with Crippen molar-refractivity contribution in [1.29, 1.82) is 0 Å². The van der Waals surface area contributed by atoms with Gasteiger partial charge in [-0.15, -0.1) is 0 Å². The first kappa shape index (κ1) is 20.2. The second-order valence-corrected chi connectivity index (χ2v) is 9.47. The van der Waals surface area contributed by atoms with E-state index >= 15 is 0 Å². The lowest BCUT2D eigenvalue weighted by molar-refractivity contribution is 0.383. The SMILES string of the molecule is Cc1cc(S(=O)(=O)N2CCN(c3cc(-n4cccc4)ncn3)CC2)c(Cl)cc1Cl. The highest BCUT2D eigenvalue weighted by atomic mass is 35.5. The van der Waals surface area contributed by atoms with Gasteiger partial charge >= 0.3 is 0 Å². The summed E-state index contributed by atoms with van der Waals surface area (Å²) in [6.07, 6.45) is 5.34. The lowest BCUT2D eigenvalue weighted by Gasteiger charge is -2.34. The number of aryl methyl sites for hydroxylation is 1. The topological polar surface area (TPSA) is 71.3 Å². The Morgan fingerprint density at radius 2 is 1.55 bits per heavy atom. The molecular formula is C19H19Cl2N5O2S. The predicted molar refractivity (Wildman–Crippen MR) is 114 cm³/mol. The van der Waals surface area contributed by atoms with Gasteiger partial charge in [-0.25, -0.2) is 18.4 Å². The number of anilines is 1. The van der Waals surface area contributed by atoms with Gasteiger partial charge in [0, 0.05) is 49.7 Å². The van der Waals surface area contributed by atoms with E-state index in [1.54, 1.807) is 6.92 Å². The van der Waals surface area contributed by atoms with Gasteiger partial charge in [0.25, 0.3) is 0 Å². The molecule has 0 saturated carbocycles. The van der Waals surface area contributed by atoms with Crippen LogP contribution < -0.4 is 4.90 Å². The summed E-state index contributed by atoms with van der Waals surface area (Å²) >= 11 is 12.2. The Morgan fingerprint density at radius 1 is 0.897 bits per heavy atom. The lowest BCUT2D eigenvalue weighted by Crippen LogP contribution is -2.49. The summed E-state index contributed by atoms with van der Waals surface area (Å²) in [5.41, 5.74) is 0.673. The molecule has 0 aliphatic carbocycles. The fourth-order valence-electron chi connectivity index (χ4n) is 3.26. The third-order valence-electron chi connectivity index (χ3n) is 4.90. The first-order valence-electron chi connectivity index (χ1n) is 9.02. The van der Waals surface area contributed by atoms with Crippen molar-refractivity contribution >= 4 is 39.0 Å². The molecule has 10 heteroatoms. The first-order chi connectivity index (χ1) is 13.9. The second-order valence-electron chi connectivity index (χ2n) is 6.75. The molecular weight excluding hydrogens is 433 g/mol. The van der Waals surface area contributed by atoms with E-state index in [1.807, 2.05) is 35.2 Å². The van der Waals surface area contributed by atoms with Crippen LogP contribution in [-0.4, -0.2) is 53.4 Å². The number of nitrogens with zero attached hydrogens (tertiary/aromatic N) is 5. The van der Waals surface area contributed by atoms with E-state index in [-0.39, 0.29) is 9.92 Å². The summed E-state index contributed by atoms with van der Waals surface area (Å²) < 4.78 is 29.5. The normalized spacial score (nSPS) is 15.6. The van der Waals surface area contributed by atoms with Gasteiger partial charge < -0.3 is 9.47 Å². The van der Waals surface area contributed by atoms with Gasteiger partial charge in [0.05, 0.1) is 5.02 Å². The lowest BCUT2D eigenvalue weighted by atomic mass is 10.2. The van der Waals surface area contributed by atoms with Crippen LogP contribution in [0.1, 0.15) is 5.56 Å². The van der Waals surface area contributed by atoms with Crippen molar-refractivity contribution in [1.82, 2.24) is 18.8 Å². The van der Waals surface area contributed by atoms with E-state index in [0.717, 1.165) is 11.6 Å². The van der Waals surface area contributed by atoms with Gasteiger partial charge in [0.2, 0.25) is 10.0 Å². The molecule has 3 aromatic rings. The van der Waals surface area contributed by atoms with Crippen LogP contribution in [0.25, 0.3) is 5.82 Å². The molecule has 3 heterocycles. The Labute approximate surface area is 179 Å². The number of hydrogen-bond donors (Lipinski definition) is 0. The molecule has 0 unspecified atom stereocenters. The third kappa shape index (κ3) is 3.98. The van der Waals surface area contributed by atoms with Crippen LogP contribution in [0.15, 0.2) is 53.9 Å². The molecule has 7 nitrogen and oxygen atoms in total. The molecule has 0 radical (unpaired) electrons. The Kier molecular flexibility index (Phi) is 5.52. The van der Waals surface area contributed by atoms with Gasteiger partial charge in [0.15, 0.2) is 0 Å². The summed E-state index contributed by atoms with van der Waals surface area (Å²) in [7, 11) is -3.70. The summed E-state index contributed by atoms with van der Waals surface area (Å²) in [6, 6.07) is 8.75. The highest BCUT2D eigenvalue weighted by Crippen LogP contribution is 2.31. The summed E-state index contributed by atoms with van der Waals surface area (Å²) in [5, 5.41) is 0.580. The van der Waals surface area contributed by atoms with Gasteiger partial charge in [-0.1, -0.05) is 23.2 Å². The average molecular weight is 452 g/mol. The first-order valence-corrected chi connectivity index (χ1v) is 11.2. The monoisotopic (exact) mass is 451 g/mol. The van der Waals surface area contributed by atoms with Gasteiger partial charge in [-0.2, -0.15) is 4.31 Å². The Bertz CT molecular complexity index is 1130. The van der Waals surface area contributed by atoms with Crippen molar-refractivity contribution in [2.24, 2.45) is 0 Å². The van der Waals surface area contributed by atoms with Gasteiger partial charge in [-0.05, 0) is 36.8 Å². The number of rotatable bonds is 4.